The maximum absolute atomic E-state index is 3.42. The van der Waals surface area contributed by atoms with Gasteiger partial charge in [-0.25, -0.2) is 0 Å². The molecule has 2 nitrogen and oxygen atoms in total. The minimum absolute atomic E-state index is 0.592. The largest absolute Gasteiger partial charge is 0.316 e. The van der Waals surface area contributed by atoms with E-state index in [0.717, 1.165) is 0 Å². The fraction of sp³-hybridized carbons (Fsp3) is 1.00. The smallest absolute Gasteiger partial charge is 0.00301 e. The molecule has 0 aromatic carbocycles. The quantitative estimate of drug-likeness (QED) is 0.810. The summed E-state index contributed by atoms with van der Waals surface area (Å²) in [5.41, 5.74) is 1.26. The van der Waals surface area contributed by atoms with Gasteiger partial charge in [0.2, 0.25) is 0 Å². The van der Waals surface area contributed by atoms with Crippen molar-refractivity contribution in [2.24, 2.45) is 10.8 Å². The molecule has 1 N–H and O–H groups in total. The van der Waals surface area contributed by atoms with Crippen LogP contribution in [0.3, 0.4) is 0 Å². The summed E-state index contributed by atoms with van der Waals surface area (Å²) in [5, 5.41) is 3.42. The van der Waals surface area contributed by atoms with Gasteiger partial charge in [-0.1, -0.05) is 41.5 Å². The molecule has 2 heterocycles. The van der Waals surface area contributed by atoms with Crippen molar-refractivity contribution in [1.82, 2.24) is 10.2 Å². The molecule has 116 valence electrons. The fourth-order valence-corrected chi connectivity index (χ4v) is 3.03. The van der Waals surface area contributed by atoms with E-state index in [-0.39, 0.29) is 0 Å². The lowest BCUT2D eigenvalue weighted by molar-refractivity contribution is 0.297. The zero-order valence-electron chi connectivity index (χ0n) is 14.6. The molecule has 19 heavy (non-hydrogen) atoms. The molecule has 0 atom stereocenters. The SMILES string of the molecule is CC.CCC1(CC)CCNC1.CN1CCC(C)(C)C1. The van der Waals surface area contributed by atoms with Gasteiger partial charge in [-0.15, -0.1) is 0 Å². The van der Waals surface area contributed by atoms with E-state index in [4.69, 9.17) is 0 Å². The van der Waals surface area contributed by atoms with Crippen molar-refractivity contribution < 1.29 is 0 Å². The summed E-state index contributed by atoms with van der Waals surface area (Å²) in [6, 6.07) is 0. The Morgan fingerprint density at radius 1 is 1.05 bits per heavy atom. The van der Waals surface area contributed by atoms with Crippen molar-refractivity contribution in [3.05, 3.63) is 0 Å². The first-order chi connectivity index (χ1) is 8.93. The second-order valence-electron chi connectivity index (χ2n) is 6.79. The second kappa shape index (κ2) is 8.97. The number of likely N-dealkylation sites (tertiary alicyclic amines) is 1. The molecule has 0 radical (unpaired) electrons. The predicted molar refractivity (Wildman–Crippen MR) is 87.7 cm³/mol. The first-order valence-corrected chi connectivity index (χ1v) is 8.32. The highest BCUT2D eigenvalue weighted by molar-refractivity contribution is 4.85. The molecule has 2 aliphatic heterocycles. The van der Waals surface area contributed by atoms with Gasteiger partial charge in [0.25, 0.3) is 0 Å². The van der Waals surface area contributed by atoms with Crippen LogP contribution < -0.4 is 5.32 Å². The normalized spacial score (nSPS) is 24.2. The van der Waals surface area contributed by atoms with Gasteiger partial charge in [-0.2, -0.15) is 0 Å². The summed E-state index contributed by atoms with van der Waals surface area (Å²) in [5.74, 6) is 0. The highest BCUT2D eigenvalue weighted by Crippen LogP contribution is 2.32. The molecular formula is C17H38N2. The van der Waals surface area contributed by atoms with Crippen molar-refractivity contribution in [3.8, 4) is 0 Å². The lowest BCUT2D eigenvalue weighted by atomic mass is 9.82. The van der Waals surface area contributed by atoms with E-state index in [1.54, 1.807) is 0 Å². The fourth-order valence-electron chi connectivity index (χ4n) is 3.03. The Balaban J connectivity index is 0.000000303. The lowest BCUT2D eigenvalue weighted by Crippen LogP contribution is -2.21. The van der Waals surface area contributed by atoms with Crippen molar-refractivity contribution in [1.29, 1.82) is 0 Å². The predicted octanol–water partition coefficient (Wildman–Crippen LogP) is 4.16. The zero-order valence-corrected chi connectivity index (χ0v) is 14.6. The maximum Gasteiger partial charge on any atom is 0.00301 e. The minimum atomic E-state index is 0.592. The molecule has 0 aliphatic carbocycles. The first kappa shape index (κ1) is 18.9. The van der Waals surface area contributed by atoms with Crippen LogP contribution in [0, 0.1) is 10.8 Å². The molecule has 0 aromatic rings. The van der Waals surface area contributed by atoms with Crippen LogP contribution in [0.4, 0.5) is 0 Å². The highest BCUT2D eigenvalue weighted by atomic mass is 15.1. The van der Waals surface area contributed by atoms with Crippen LogP contribution in [0.5, 0.6) is 0 Å². The molecule has 0 unspecified atom stereocenters. The average molecular weight is 271 g/mol. The molecule has 2 rings (SSSR count). The van der Waals surface area contributed by atoms with Crippen LogP contribution in [-0.4, -0.2) is 38.1 Å². The Kier molecular flexibility index (Phi) is 8.93. The monoisotopic (exact) mass is 270 g/mol. The van der Waals surface area contributed by atoms with Crippen LogP contribution >= 0.6 is 0 Å². The molecule has 2 fully saturated rings. The van der Waals surface area contributed by atoms with E-state index in [2.05, 4.69) is 45.0 Å². The summed E-state index contributed by atoms with van der Waals surface area (Å²) in [4.78, 5) is 2.39. The van der Waals surface area contributed by atoms with Crippen molar-refractivity contribution >= 4 is 0 Å². The minimum Gasteiger partial charge on any atom is -0.316 e. The van der Waals surface area contributed by atoms with Crippen LogP contribution in [0.15, 0.2) is 0 Å². The van der Waals surface area contributed by atoms with E-state index in [9.17, 15) is 0 Å². The molecule has 0 bridgehead atoms. The number of nitrogens with zero attached hydrogens (tertiary/aromatic N) is 1. The summed E-state index contributed by atoms with van der Waals surface area (Å²) in [6.07, 6.45) is 5.44. The molecule has 2 aliphatic rings. The van der Waals surface area contributed by atoms with Gasteiger partial charge in [-0.3, -0.25) is 0 Å². The topological polar surface area (TPSA) is 15.3 Å². The van der Waals surface area contributed by atoms with Crippen LogP contribution in [0.25, 0.3) is 0 Å². The third-order valence-electron chi connectivity index (χ3n) is 4.70. The third-order valence-corrected chi connectivity index (χ3v) is 4.70. The van der Waals surface area contributed by atoms with Crippen molar-refractivity contribution in [3.63, 3.8) is 0 Å². The van der Waals surface area contributed by atoms with E-state index in [0.29, 0.717) is 10.8 Å². The molecular weight excluding hydrogens is 232 g/mol. The third kappa shape index (κ3) is 6.76. The summed E-state index contributed by atoms with van der Waals surface area (Å²) in [6.45, 7) is 18.3. The van der Waals surface area contributed by atoms with Gasteiger partial charge in [0, 0.05) is 13.1 Å². The Hall–Kier alpha value is -0.0800. The summed E-state index contributed by atoms with van der Waals surface area (Å²) in [7, 11) is 2.19. The van der Waals surface area contributed by atoms with Gasteiger partial charge >= 0.3 is 0 Å². The van der Waals surface area contributed by atoms with Crippen molar-refractivity contribution in [2.75, 3.05) is 33.2 Å². The second-order valence-corrected chi connectivity index (χ2v) is 6.79. The zero-order chi connectivity index (χ0) is 14.9. The van der Waals surface area contributed by atoms with E-state index >= 15 is 0 Å². The van der Waals surface area contributed by atoms with Gasteiger partial charge in [0.15, 0.2) is 0 Å². The Bertz CT molecular complexity index is 211. The van der Waals surface area contributed by atoms with E-state index < -0.39 is 0 Å². The molecule has 0 amide bonds. The average Bonchev–Trinajstić information content (AvgIpc) is 3.00. The van der Waals surface area contributed by atoms with E-state index in [1.807, 2.05) is 13.8 Å². The Morgan fingerprint density at radius 3 is 1.79 bits per heavy atom. The molecule has 0 aromatic heterocycles. The van der Waals surface area contributed by atoms with Gasteiger partial charge in [0.1, 0.15) is 0 Å². The Labute approximate surface area is 122 Å². The van der Waals surface area contributed by atoms with Crippen LogP contribution in [0.1, 0.15) is 67.2 Å². The first-order valence-electron chi connectivity index (χ1n) is 8.32. The molecule has 0 saturated carbocycles. The number of hydrogen-bond donors (Lipinski definition) is 1. The van der Waals surface area contributed by atoms with Gasteiger partial charge in [0.05, 0.1) is 0 Å². The van der Waals surface area contributed by atoms with Crippen molar-refractivity contribution in [2.45, 2.75) is 67.2 Å². The van der Waals surface area contributed by atoms with Gasteiger partial charge < -0.3 is 10.2 Å². The molecule has 2 heteroatoms. The van der Waals surface area contributed by atoms with Crippen LogP contribution in [-0.2, 0) is 0 Å². The van der Waals surface area contributed by atoms with E-state index in [1.165, 1.54) is 51.9 Å². The Morgan fingerprint density at radius 2 is 1.63 bits per heavy atom. The van der Waals surface area contributed by atoms with Crippen LogP contribution in [0.2, 0.25) is 0 Å². The molecule has 0 spiro atoms. The number of rotatable bonds is 2. The highest BCUT2D eigenvalue weighted by Gasteiger charge is 2.29. The summed E-state index contributed by atoms with van der Waals surface area (Å²) < 4.78 is 0. The lowest BCUT2D eigenvalue weighted by Gasteiger charge is -2.23. The van der Waals surface area contributed by atoms with Gasteiger partial charge in [-0.05, 0) is 56.7 Å². The maximum atomic E-state index is 3.42. The number of hydrogen-bond acceptors (Lipinski definition) is 2. The molecule has 2 saturated heterocycles. The standard InChI is InChI=1S/C8H17N.C7H15N.C2H6/c1-3-8(4-2)5-6-9-7-8;1-7(2)4-5-8(3)6-7;1-2/h9H,3-7H2,1-2H3;4-6H2,1-3H3;1-2H3. The summed E-state index contributed by atoms with van der Waals surface area (Å²) >= 11 is 0. The number of nitrogens with one attached hydrogen (secondary N) is 1.